The van der Waals surface area contributed by atoms with Crippen molar-refractivity contribution in [2.45, 2.75) is 6.54 Å². The molecule has 1 N–H and O–H groups in total. The molecule has 0 atom stereocenters. The second-order valence-corrected chi connectivity index (χ2v) is 5.29. The third kappa shape index (κ3) is 4.07. The summed E-state index contributed by atoms with van der Waals surface area (Å²) < 4.78 is 29.5. The minimum Gasteiger partial charge on any atom is -0.497 e. The van der Waals surface area contributed by atoms with Gasteiger partial charge in [-0.15, -0.1) is 11.6 Å². The van der Waals surface area contributed by atoms with Crippen molar-refractivity contribution in [3.8, 4) is 5.75 Å². The standard InChI is InChI=1S/C9H12ClNO3S/c1-14-9-4-2-3-8(5-9)6-11-15(12,13)7-10/h2-5,11H,6-7H2,1H3. The van der Waals surface area contributed by atoms with E-state index in [9.17, 15) is 8.42 Å². The van der Waals surface area contributed by atoms with Crippen molar-refractivity contribution in [3.63, 3.8) is 0 Å². The maximum Gasteiger partial charge on any atom is 0.225 e. The molecule has 84 valence electrons. The lowest BCUT2D eigenvalue weighted by molar-refractivity contribution is 0.414. The zero-order chi connectivity index (χ0) is 11.3. The Bertz CT molecular complexity index is 419. The zero-order valence-corrected chi connectivity index (χ0v) is 9.81. The lowest BCUT2D eigenvalue weighted by Gasteiger charge is -2.05. The van der Waals surface area contributed by atoms with Crippen LogP contribution in [0.5, 0.6) is 5.75 Å². The summed E-state index contributed by atoms with van der Waals surface area (Å²) in [7, 11) is -1.81. The van der Waals surface area contributed by atoms with Crippen LogP contribution in [0.25, 0.3) is 0 Å². The first-order valence-corrected chi connectivity index (χ1v) is 6.42. The molecule has 0 spiro atoms. The van der Waals surface area contributed by atoms with Gasteiger partial charge in [-0.05, 0) is 17.7 Å². The molecule has 15 heavy (non-hydrogen) atoms. The second-order valence-electron chi connectivity index (χ2n) is 2.90. The Balaban J connectivity index is 2.65. The third-order valence-electron chi connectivity index (χ3n) is 1.77. The van der Waals surface area contributed by atoms with Gasteiger partial charge in [-0.3, -0.25) is 0 Å². The van der Waals surface area contributed by atoms with E-state index < -0.39 is 15.2 Å². The molecule has 0 saturated carbocycles. The van der Waals surface area contributed by atoms with E-state index in [0.717, 1.165) is 5.56 Å². The van der Waals surface area contributed by atoms with Crippen LogP contribution in [0, 0.1) is 0 Å². The summed E-state index contributed by atoms with van der Waals surface area (Å²) in [5.41, 5.74) is 0.822. The van der Waals surface area contributed by atoms with E-state index in [0.29, 0.717) is 5.75 Å². The smallest absolute Gasteiger partial charge is 0.225 e. The number of halogens is 1. The molecule has 6 heteroatoms. The van der Waals surface area contributed by atoms with Crippen LogP contribution in [0.3, 0.4) is 0 Å². The largest absolute Gasteiger partial charge is 0.497 e. The maximum absolute atomic E-state index is 11.1. The predicted octanol–water partition coefficient (Wildman–Crippen LogP) is 1.31. The molecule has 0 unspecified atom stereocenters. The average molecular weight is 250 g/mol. The van der Waals surface area contributed by atoms with Crippen LogP contribution in [0.15, 0.2) is 24.3 Å². The third-order valence-corrected chi connectivity index (χ3v) is 3.51. The molecular formula is C9H12ClNO3S. The van der Waals surface area contributed by atoms with Crippen molar-refractivity contribution >= 4 is 21.6 Å². The van der Waals surface area contributed by atoms with E-state index in [1.807, 2.05) is 0 Å². The van der Waals surface area contributed by atoms with Crippen LogP contribution in [0.4, 0.5) is 0 Å². The molecule has 0 heterocycles. The van der Waals surface area contributed by atoms with Gasteiger partial charge in [0.15, 0.2) is 0 Å². The molecule has 0 bridgehead atoms. The van der Waals surface area contributed by atoms with Crippen LogP contribution in [0.2, 0.25) is 0 Å². The molecule has 1 rings (SSSR count). The SMILES string of the molecule is COc1cccc(CNS(=O)(=O)CCl)c1. The van der Waals surface area contributed by atoms with Crippen LogP contribution < -0.4 is 9.46 Å². The molecule has 0 aliphatic heterocycles. The Morgan fingerprint density at radius 2 is 2.20 bits per heavy atom. The Morgan fingerprint density at radius 3 is 2.80 bits per heavy atom. The second kappa shape index (κ2) is 5.34. The first-order valence-electron chi connectivity index (χ1n) is 4.23. The van der Waals surface area contributed by atoms with Crippen LogP contribution >= 0.6 is 11.6 Å². The highest BCUT2D eigenvalue weighted by Gasteiger charge is 2.07. The van der Waals surface area contributed by atoms with Gasteiger partial charge in [-0.25, -0.2) is 13.1 Å². The van der Waals surface area contributed by atoms with Crippen LogP contribution in [-0.4, -0.2) is 20.7 Å². The summed E-state index contributed by atoms with van der Waals surface area (Å²) in [4.78, 5) is 0. The number of benzene rings is 1. The van der Waals surface area contributed by atoms with Crippen molar-refractivity contribution in [1.29, 1.82) is 0 Å². The summed E-state index contributed by atoms with van der Waals surface area (Å²) in [5.74, 6) is 0.692. The quantitative estimate of drug-likeness (QED) is 0.801. The fourth-order valence-electron chi connectivity index (χ4n) is 1.01. The molecular weight excluding hydrogens is 238 g/mol. The highest BCUT2D eigenvalue weighted by atomic mass is 35.5. The number of nitrogens with one attached hydrogen (secondary N) is 1. The molecule has 1 aromatic rings. The van der Waals surface area contributed by atoms with E-state index in [1.54, 1.807) is 31.4 Å². The van der Waals surface area contributed by atoms with Gasteiger partial charge >= 0.3 is 0 Å². The minimum atomic E-state index is -3.36. The minimum absolute atomic E-state index is 0.215. The number of hydrogen-bond donors (Lipinski definition) is 1. The molecule has 0 aliphatic rings. The van der Waals surface area contributed by atoms with E-state index in [2.05, 4.69) is 4.72 Å². The summed E-state index contributed by atoms with van der Waals surface area (Å²) >= 11 is 5.24. The van der Waals surface area contributed by atoms with Crippen molar-refractivity contribution in [2.24, 2.45) is 0 Å². The fourth-order valence-corrected chi connectivity index (χ4v) is 1.71. The molecule has 0 amide bonds. The molecule has 0 aliphatic carbocycles. The van der Waals surface area contributed by atoms with Gasteiger partial charge in [0, 0.05) is 6.54 Å². The van der Waals surface area contributed by atoms with E-state index in [-0.39, 0.29) is 6.54 Å². The zero-order valence-electron chi connectivity index (χ0n) is 8.23. The average Bonchev–Trinajstić information content (AvgIpc) is 2.27. The molecule has 0 fully saturated rings. The number of alkyl halides is 1. The summed E-state index contributed by atoms with van der Waals surface area (Å²) in [6, 6.07) is 7.15. The Labute approximate surface area is 94.3 Å². The highest BCUT2D eigenvalue weighted by Crippen LogP contribution is 2.12. The number of methoxy groups -OCH3 is 1. The van der Waals surface area contributed by atoms with Crippen molar-refractivity contribution in [3.05, 3.63) is 29.8 Å². The van der Waals surface area contributed by atoms with Gasteiger partial charge in [-0.1, -0.05) is 12.1 Å². The lowest BCUT2D eigenvalue weighted by atomic mass is 10.2. The molecule has 0 aromatic heterocycles. The molecule has 1 aromatic carbocycles. The lowest BCUT2D eigenvalue weighted by Crippen LogP contribution is -2.23. The molecule has 0 saturated heterocycles. The normalized spacial score (nSPS) is 11.3. The summed E-state index contributed by atoms with van der Waals surface area (Å²) in [6.07, 6.45) is 0. The van der Waals surface area contributed by atoms with Gasteiger partial charge < -0.3 is 4.74 Å². The number of rotatable bonds is 5. The van der Waals surface area contributed by atoms with E-state index in [1.165, 1.54) is 0 Å². The number of sulfonamides is 1. The van der Waals surface area contributed by atoms with E-state index in [4.69, 9.17) is 16.3 Å². The van der Waals surface area contributed by atoms with Crippen molar-refractivity contribution < 1.29 is 13.2 Å². The number of hydrogen-bond acceptors (Lipinski definition) is 3. The maximum atomic E-state index is 11.1. The highest BCUT2D eigenvalue weighted by molar-refractivity contribution is 7.90. The predicted molar refractivity (Wildman–Crippen MR) is 59.5 cm³/mol. The van der Waals surface area contributed by atoms with Gasteiger partial charge in [0.2, 0.25) is 10.0 Å². The Kier molecular flexibility index (Phi) is 4.38. The fraction of sp³-hybridized carbons (Fsp3) is 0.333. The van der Waals surface area contributed by atoms with Crippen molar-refractivity contribution in [2.75, 3.05) is 12.3 Å². The van der Waals surface area contributed by atoms with Crippen LogP contribution in [-0.2, 0) is 16.6 Å². The first-order chi connectivity index (χ1) is 7.07. The van der Waals surface area contributed by atoms with Gasteiger partial charge in [-0.2, -0.15) is 0 Å². The summed E-state index contributed by atoms with van der Waals surface area (Å²) in [6.45, 7) is 0.215. The molecule has 4 nitrogen and oxygen atoms in total. The Hall–Kier alpha value is -0.780. The monoisotopic (exact) mass is 249 g/mol. The topological polar surface area (TPSA) is 55.4 Å². The number of ether oxygens (including phenoxy) is 1. The van der Waals surface area contributed by atoms with Gasteiger partial charge in [0.05, 0.1) is 7.11 Å². The van der Waals surface area contributed by atoms with Gasteiger partial charge in [0.1, 0.15) is 11.0 Å². The van der Waals surface area contributed by atoms with Crippen molar-refractivity contribution in [1.82, 2.24) is 4.72 Å². The van der Waals surface area contributed by atoms with Gasteiger partial charge in [0.25, 0.3) is 0 Å². The molecule has 0 radical (unpaired) electrons. The van der Waals surface area contributed by atoms with Crippen LogP contribution in [0.1, 0.15) is 5.56 Å². The van der Waals surface area contributed by atoms with E-state index >= 15 is 0 Å². The Morgan fingerprint density at radius 1 is 1.47 bits per heavy atom. The first kappa shape index (κ1) is 12.3. The summed E-state index contributed by atoms with van der Waals surface area (Å²) in [5, 5.41) is -0.434.